The molecule has 0 saturated carbocycles. The molecule has 2 N–H and O–H groups in total. The molecule has 0 saturated heterocycles. The predicted molar refractivity (Wildman–Crippen MR) is 89.5 cm³/mol. The third kappa shape index (κ3) is 4.55. The van der Waals surface area contributed by atoms with Gasteiger partial charge in [0.15, 0.2) is 5.11 Å². The quantitative estimate of drug-likeness (QED) is 0.852. The Kier molecular flexibility index (Phi) is 5.31. The van der Waals surface area contributed by atoms with Crippen LogP contribution in [0.5, 0.6) is 0 Å². The number of rotatable bonds is 3. The molecule has 5 heteroatoms. The van der Waals surface area contributed by atoms with E-state index in [1.165, 1.54) is 0 Å². The van der Waals surface area contributed by atoms with Crippen molar-refractivity contribution in [2.75, 3.05) is 0 Å². The van der Waals surface area contributed by atoms with E-state index in [-0.39, 0.29) is 11.0 Å². The third-order valence-corrected chi connectivity index (χ3v) is 3.55. The maximum absolute atomic E-state index is 12.0. The first-order valence-corrected chi connectivity index (χ1v) is 7.24. The summed E-state index contributed by atoms with van der Waals surface area (Å²) in [5.74, 6) is -0.230. The summed E-state index contributed by atoms with van der Waals surface area (Å²) in [5, 5.41) is 6.55. The van der Waals surface area contributed by atoms with Crippen LogP contribution in [0.15, 0.2) is 48.5 Å². The molecule has 21 heavy (non-hydrogen) atoms. The van der Waals surface area contributed by atoms with Crippen molar-refractivity contribution in [3.8, 4) is 0 Å². The first-order chi connectivity index (χ1) is 10.1. The summed E-state index contributed by atoms with van der Waals surface area (Å²) in [4.78, 5) is 12.0. The second-order valence-electron chi connectivity index (χ2n) is 4.59. The van der Waals surface area contributed by atoms with Crippen molar-refractivity contribution in [1.82, 2.24) is 10.6 Å². The molecule has 0 atom stereocenters. The summed E-state index contributed by atoms with van der Waals surface area (Å²) in [5.41, 5.74) is 2.60. The topological polar surface area (TPSA) is 41.1 Å². The highest BCUT2D eigenvalue weighted by Crippen LogP contribution is 2.14. The first kappa shape index (κ1) is 15.5. The van der Waals surface area contributed by atoms with Gasteiger partial charge in [-0.3, -0.25) is 10.1 Å². The van der Waals surface area contributed by atoms with Gasteiger partial charge in [-0.15, -0.1) is 0 Å². The summed E-state index contributed by atoms with van der Waals surface area (Å²) in [7, 11) is 0. The van der Waals surface area contributed by atoms with Gasteiger partial charge in [0.1, 0.15) is 0 Å². The van der Waals surface area contributed by atoms with E-state index >= 15 is 0 Å². The molecular formula is C16H15ClN2OS. The van der Waals surface area contributed by atoms with Crippen LogP contribution in [0.25, 0.3) is 0 Å². The van der Waals surface area contributed by atoms with Crippen LogP contribution in [-0.4, -0.2) is 11.0 Å². The van der Waals surface area contributed by atoms with Gasteiger partial charge in [-0.25, -0.2) is 0 Å². The number of thiocarbonyl (C=S) groups is 1. The van der Waals surface area contributed by atoms with Gasteiger partial charge in [0.25, 0.3) is 5.91 Å². The SMILES string of the molecule is Cc1ccc(C(=O)NC(=S)NCc2ccccc2Cl)cc1. The van der Waals surface area contributed by atoms with E-state index in [0.29, 0.717) is 17.1 Å². The van der Waals surface area contributed by atoms with Crippen molar-refractivity contribution in [3.05, 3.63) is 70.2 Å². The fourth-order valence-electron chi connectivity index (χ4n) is 1.74. The van der Waals surface area contributed by atoms with Crippen LogP contribution >= 0.6 is 23.8 Å². The molecule has 1 amide bonds. The molecular weight excluding hydrogens is 304 g/mol. The molecule has 0 radical (unpaired) electrons. The minimum absolute atomic E-state index is 0.230. The Bertz CT molecular complexity index is 656. The Balaban J connectivity index is 1.88. The Morgan fingerprint density at radius 3 is 2.48 bits per heavy atom. The summed E-state index contributed by atoms with van der Waals surface area (Å²) >= 11 is 11.2. The first-order valence-electron chi connectivity index (χ1n) is 6.45. The minimum Gasteiger partial charge on any atom is -0.358 e. The van der Waals surface area contributed by atoms with Gasteiger partial charge >= 0.3 is 0 Å². The lowest BCUT2D eigenvalue weighted by Gasteiger charge is -2.10. The highest BCUT2D eigenvalue weighted by molar-refractivity contribution is 7.80. The summed E-state index contributed by atoms with van der Waals surface area (Å²) in [6.07, 6.45) is 0. The molecule has 0 spiro atoms. The average Bonchev–Trinajstić information content (AvgIpc) is 2.47. The Morgan fingerprint density at radius 2 is 1.81 bits per heavy atom. The smallest absolute Gasteiger partial charge is 0.257 e. The number of hydrogen-bond acceptors (Lipinski definition) is 2. The number of aryl methyl sites for hydroxylation is 1. The van der Waals surface area contributed by atoms with E-state index in [1.807, 2.05) is 43.3 Å². The second-order valence-corrected chi connectivity index (χ2v) is 5.41. The highest BCUT2D eigenvalue weighted by atomic mass is 35.5. The molecule has 0 fully saturated rings. The van der Waals surface area contributed by atoms with Crippen molar-refractivity contribution in [2.45, 2.75) is 13.5 Å². The molecule has 0 aliphatic carbocycles. The fourth-order valence-corrected chi connectivity index (χ4v) is 2.11. The van der Waals surface area contributed by atoms with Gasteiger partial charge in [0.05, 0.1) is 0 Å². The number of carbonyl (C=O) groups excluding carboxylic acids is 1. The standard InChI is InChI=1S/C16H15ClN2OS/c1-11-6-8-12(9-7-11)15(20)19-16(21)18-10-13-4-2-3-5-14(13)17/h2-9H,10H2,1H3,(H2,18,19,20,21). The highest BCUT2D eigenvalue weighted by Gasteiger charge is 2.07. The number of amides is 1. The van der Waals surface area contributed by atoms with Gasteiger partial charge in [-0.1, -0.05) is 47.5 Å². The predicted octanol–water partition coefficient (Wildman–Crippen LogP) is 3.45. The normalized spacial score (nSPS) is 10.0. The van der Waals surface area contributed by atoms with E-state index in [1.54, 1.807) is 12.1 Å². The Labute approximate surface area is 134 Å². The molecule has 2 aromatic carbocycles. The second kappa shape index (κ2) is 7.20. The van der Waals surface area contributed by atoms with Crippen LogP contribution in [-0.2, 0) is 6.54 Å². The van der Waals surface area contributed by atoms with Crippen LogP contribution in [0.4, 0.5) is 0 Å². The third-order valence-electron chi connectivity index (χ3n) is 2.94. The Hall–Kier alpha value is -1.91. The Morgan fingerprint density at radius 1 is 1.14 bits per heavy atom. The number of halogens is 1. The van der Waals surface area contributed by atoms with E-state index < -0.39 is 0 Å². The van der Waals surface area contributed by atoms with Gasteiger partial charge in [0, 0.05) is 17.1 Å². The average molecular weight is 319 g/mol. The lowest BCUT2D eigenvalue weighted by Crippen LogP contribution is -2.38. The summed E-state index contributed by atoms with van der Waals surface area (Å²) in [6, 6.07) is 14.8. The monoisotopic (exact) mass is 318 g/mol. The molecule has 2 rings (SSSR count). The fraction of sp³-hybridized carbons (Fsp3) is 0.125. The van der Waals surface area contributed by atoms with Crippen LogP contribution in [0.3, 0.4) is 0 Å². The van der Waals surface area contributed by atoms with E-state index in [2.05, 4.69) is 10.6 Å². The zero-order valence-electron chi connectivity index (χ0n) is 11.5. The molecule has 0 aliphatic rings. The van der Waals surface area contributed by atoms with E-state index in [9.17, 15) is 4.79 Å². The molecule has 3 nitrogen and oxygen atoms in total. The van der Waals surface area contributed by atoms with Crippen molar-refractivity contribution >= 4 is 34.8 Å². The number of carbonyl (C=O) groups is 1. The number of benzene rings is 2. The molecule has 0 bridgehead atoms. The summed E-state index contributed by atoms with van der Waals surface area (Å²) in [6.45, 7) is 2.43. The van der Waals surface area contributed by atoms with Gasteiger partial charge < -0.3 is 5.32 Å². The zero-order chi connectivity index (χ0) is 15.2. The maximum Gasteiger partial charge on any atom is 0.257 e. The lowest BCUT2D eigenvalue weighted by atomic mass is 10.1. The van der Waals surface area contributed by atoms with Crippen LogP contribution in [0, 0.1) is 6.92 Å². The maximum atomic E-state index is 12.0. The van der Waals surface area contributed by atoms with Crippen LogP contribution in [0.1, 0.15) is 21.5 Å². The van der Waals surface area contributed by atoms with Crippen molar-refractivity contribution < 1.29 is 4.79 Å². The molecule has 0 unspecified atom stereocenters. The molecule has 0 heterocycles. The summed E-state index contributed by atoms with van der Waals surface area (Å²) < 4.78 is 0. The zero-order valence-corrected chi connectivity index (χ0v) is 13.1. The van der Waals surface area contributed by atoms with Crippen LogP contribution in [0.2, 0.25) is 5.02 Å². The largest absolute Gasteiger partial charge is 0.358 e. The van der Waals surface area contributed by atoms with Crippen molar-refractivity contribution in [1.29, 1.82) is 0 Å². The van der Waals surface area contributed by atoms with E-state index in [4.69, 9.17) is 23.8 Å². The van der Waals surface area contributed by atoms with Crippen molar-refractivity contribution in [3.63, 3.8) is 0 Å². The van der Waals surface area contributed by atoms with E-state index in [0.717, 1.165) is 11.1 Å². The van der Waals surface area contributed by atoms with Gasteiger partial charge in [-0.05, 0) is 42.9 Å². The molecule has 108 valence electrons. The lowest BCUT2D eigenvalue weighted by molar-refractivity contribution is 0.0976. The number of hydrogen-bond donors (Lipinski definition) is 2. The van der Waals surface area contributed by atoms with Gasteiger partial charge in [0.2, 0.25) is 0 Å². The van der Waals surface area contributed by atoms with Crippen molar-refractivity contribution in [2.24, 2.45) is 0 Å². The molecule has 0 aromatic heterocycles. The van der Waals surface area contributed by atoms with Crippen LogP contribution < -0.4 is 10.6 Å². The molecule has 0 aliphatic heterocycles. The molecule has 2 aromatic rings. The van der Waals surface area contributed by atoms with Gasteiger partial charge in [-0.2, -0.15) is 0 Å². The number of nitrogens with one attached hydrogen (secondary N) is 2. The minimum atomic E-state index is -0.230.